The van der Waals surface area contributed by atoms with Gasteiger partial charge >= 0.3 is 6.61 Å². The van der Waals surface area contributed by atoms with Gasteiger partial charge < -0.3 is 15.0 Å². The second kappa shape index (κ2) is 9.43. The van der Waals surface area contributed by atoms with Crippen LogP contribution in [-0.2, 0) is 4.79 Å². The van der Waals surface area contributed by atoms with Crippen LogP contribution in [0.4, 0.5) is 8.78 Å². The number of benzene rings is 1. The number of hydrazine groups is 1. The highest BCUT2D eigenvalue weighted by molar-refractivity contribution is 5.80. The molecule has 1 amide bonds. The van der Waals surface area contributed by atoms with Crippen molar-refractivity contribution in [3.63, 3.8) is 0 Å². The van der Waals surface area contributed by atoms with Gasteiger partial charge in [-0.15, -0.1) is 0 Å². The molecule has 0 aliphatic carbocycles. The zero-order valence-electron chi connectivity index (χ0n) is 15.6. The largest absolute Gasteiger partial charge is 0.435 e. The first-order chi connectivity index (χ1) is 13.1. The predicted octanol–water partition coefficient (Wildman–Crippen LogP) is 1.90. The third kappa shape index (κ3) is 5.15. The number of hydrogen-bond donors (Lipinski definition) is 3. The number of ether oxygens (including phenoxy) is 1. The highest BCUT2D eigenvalue weighted by Gasteiger charge is 2.37. The minimum atomic E-state index is -2.86. The molecule has 3 rings (SSSR count). The Kier molecular flexibility index (Phi) is 6.98. The fraction of sp³-hybridized carbons (Fsp3) is 0.632. The highest BCUT2D eigenvalue weighted by Crippen LogP contribution is 2.31. The van der Waals surface area contributed by atoms with E-state index in [1.54, 1.807) is 12.1 Å². The fourth-order valence-corrected chi connectivity index (χ4v) is 3.95. The molecular weight excluding hydrogens is 354 g/mol. The summed E-state index contributed by atoms with van der Waals surface area (Å²) < 4.78 is 29.4. The Balaban J connectivity index is 1.62. The SMILES string of the molecule is CNCCC1CCN(C(=O)C2CNNC2c2cccc(OC(F)F)c2)CC1. The summed E-state index contributed by atoms with van der Waals surface area (Å²) in [5, 5.41) is 3.18. The molecule has 3 N–H and O–H groups in total. The Morgan fingerprint density at radius 1 is 1.37 bits per heavy atom. The Morgan fingerprint density at radius 2 is 2.15 bits per heavy atom. The summed E-state index contributed by atoms with van der Waals surface area (Å²) in [6.07, 6.45) is 3.21. The lowest BCUT2D eigenvalue weighted by molar-refractivity contribution is -0.137. The number of hydrogen-bond acceptors (Lipinski definition) is 5. The summed E-state index contributed by atoms with van der Waals surface area (Å²) in [5.74, 6) is 0.624. The molecule has 1 aromatic rings. The monoisotopic (exact) mass is 382 g/mol. The Bertz CT molecular complexity index is 623. The van der Waals surface area contributed by atoms with Crippen molar-refractivity contribution in [3.8, 4) is 5.75 Å². The van der Waals surface area contributed by atoms with Crippen LogP contribution in [0.2, 0.25) is 0 Å². The number of likely N-dealkylation sites (tertiary alicyclic amines) is 1. The maximum absolute atomic E-state index is 13.0. The van der Waals surface area contributed by atoms with Crippen LogP contribution in [0.5, 0.6) is 5.75 Å². The molecule has 2 aliphatic heterocycles. The first-order valence-corrected chi connectivity index (χ1v) is 9.55. The van der Waals surface area contributed by atoms with E-state index in [1.165, 1.54) is 6.07 Å². The van der Waals surface area contributed by atoms with Gasteiger partial charge in [0.2, 0.25) is 5.91 Å². The third-order valence-corrected chi connectivity index (χ3v) is 5.47. The summed E-state index contributed by atoms with van der Waals surface area (Å²) in [6.45, 7) is 0.226. The molecule has 0 saturated carbocycles. The maximum Gasteiger partial charge on any atom is 0.387 e. The van der Waals surface area contributed by atoms with Gasteiger partial charge in [0, 0.05) is 19.6 Å². The molecule has 0 spiro atoms. The van der Waals surface area contributed by atoms with Crippen molar-refractivity contribution in [2.75, 3.05) is 33.2 Å². The van der Waals surface area contributed by atoms with Crippen LogP contribution < -0.4 is 20.9 Å². The lowest BCUT2D eigenvalue weighted by Crippen LogP contribution is -2.44. The minimum Gasteiger partial charge on any atom is -0.435 e. The van der Waals surface area contributed by atoms with Crippen molar-refractivity contribution in [2.24, 2.45) is 11.8 Å². The Labute approximate surface area is 158 Å². The van der Waals surface area contributed by atoms with Crippen LogP contribution in [0.15, 0.2) is 24.3 Å². The molecule has 2 aliphatic rings. The molecule has 2 saturated heterocycles. The van der Waals surface area contributed by atoms with Crippen molar-refractivity contribution in [2.45, 2.75) is 31.9 Å². The van der Waals surface area contributed by atoms with E-state index in [4.69, 9.17) is 0 Å². The second-order valence-electron chi connectivity index (χ2n) is 7.22. The van der Waals surface area contributed by atoms with Gasteiger partial charge in [0.1, 0.15) is 5.75 Å². The smallest absolute Gasteiger partial charge is 0.387 e. The molecule has 6 nitrogen and oxygen atoms in total. The molecular formula is C19H28F2N4O2. The molecule has 8 heteroatoms. The number of nitrogens with zero attached hydrogens (tertiary/aromatic N) is 1. The van der Waals surface area contributed by atoms with Gasteiger partial charge in [0.05, 0.1) is 12.0 Å². The first kappa shape index (κ1) is 20.0. The van der Waals surface area contributed by atoms with Crippen molar-refractivity contribution in [1.29, 1.82) is 0 Å². The van der Waals surface area contributed by atoms with Gasteiger partial charge in [-0.1, -0.05) is 12.1 Å². The summed E-state index contributed by atoms with van der Waals surface area (Å²) >= 11 is 0. The Hall–Kier alpha value is -1.77. The Morgan fingerprint density at radius 3 is 2.85 bits per heavy atom. The molecule has 2 fully saturated rings. The number of alkyl halides is 2. The lowest BCUT2D eigenvalue weighted by Gasteiger charge is -2.34. The molecule has 1 aromatic carbocycles. The molecule has 150 valence electrons. The van der Waals surface area contributed by atoms with Crippen LogP contribution in [0.25, 0.3) is 0 Å². The molecule has 0 radical (unpaired) electrons. The number of rotatable bonds is 7. The van der Waals surface area contributed by atoms with Crippen LogP contribution in [0.1, 0.15) is 30.9 Å². The fourth-order valence-electron chi connectivity index (χ4n) is 3.95. The second-order valence-corrected chi connectivity index (χ2v) is 7.22. The highest BCUT2D eigenvalue weighted by atomic mass is 19.3. The average Bonchev–Trinajstić information content (AvgIpc) is 3.16. The van der Waals surface area contributed by atoms with Gasteiger partial charge in [0.15, 0.2) is 0 Å². The van der Waals surface area contributed by atoms with E-state index in [0.717, 1.165) is 44.5 Å². The summed E-state index contributed by atoms with van der Waals surface area (Å²) in [7, 11) is 1.96. The summed E-state index contributed by atoms with van der Waals surface area (Å²) in [4.78, 5) is 15.0. The maximum atomic E-state index is 13.0. The quantitative estimate of drug-likeness (QED) is 0.672. The van der Waals surface area contributed by atoms with E-state index in [1.807, 2.05) is 18.0 Å². The zero-order valence-corrected chi connectivity index (χ0v) is 15.6. The zero-order chi connectivity index (χ0) is 19.2. The van der Waals surface area contributed by atoms with Gasteiger partial charge in [-0.25, -0.2) is 5.43 Å². The molecule has 2 atom stereocenters. The van der Waals surface area contributed by atoms with Crippen molar-refractivity contribution in [1.82, 2.24) is 21.1 Å². The first-order valence-electron chi connectivity index (χ1n) is 9.55. The van der Waals surface area contributed by atoms with E-state index < -0.39 is 6.61 Å². The summed E-state index contributed by atoms with van der Waals surface area (Å²) in [6, 6.07) is 6.29. The van der Waals surface area contributed by atoms with Crippen LogP contribution in [0, 0.1) is 11.8 Å². The molecule has 0 bridgehead atoms. The van der Waals surface area contributed by atoms with Crippen molar-refractivity contribution in [3.05, 3.63) is 29.8 Å². The normalized spacial score (nSPS) is 23.8. The van der Waals surface area contributed by atoms with E-state index in [2.05, 4.69) is 20.9 Å². The summed E-state index contributed by atoms with van der Waals surface area (Å²) in [5.41, 5.74) is 6.92. The molecule has 27 heavy (non-hydrogen) atoms. The number of piperidine rings is 1. The number of amides is 1. The van der Waals surface area contributed by atoms with Gasteiger partial charge in [0.25, 0.3) is 0 Å². The van der Waals surface area contributed by atoms with E-state index in [-0.39, 0.29) is 23.6 Å². The topological polar surface area (TPSA) is 65.6 Å². The molecule has 2 heterocycles. The van der Waals surface area contributed by atoms with Crippen LogP contribution >= 0.6 is 0 Å². The predicted molar refractivity (Wildman–Crippen MR) is 98.3 cm³/mol. The van der Waals surface area contributed by atoms with Gasteiger partial charge in [-0.05, 0) is 56.5 Å². The number of halogens is 2. The third-order valence-electron chi connectivity index (χ3n) is 5.47. The number of carbonyl (C=O) groups excluding carboxylic acids is 1. The minimum absolute atomic E-state index is 0.104. The lowest BCUT2D eigenvalue weighted by atomic mass is 9.90. The van der Waals surface area contributed by atoms with Crippen LogP contribution in [0.3, 0.4) is 0 Å². The van der Waals surface area contributed by atoms with Crippen molar-refractivity contribution >= 4 is 5.91 Å². The van der Waals surface area contributed by atoms with Gasteiger partial charge in [-0.3, -0.25) is 10.2 Å². The number of carbonyl (C=O) groups is 1. The van der Waals surface area contributed by atoms with Crippen molar-refractivity contribution < 1.29 is 18.3 Å². The van der Waals surface area contributed by atoms with E-state index >= 15 is 0 Å². The number of nitrogens with one attached hydrogen (secondary N) is 3. The molecule has 2 unspecified atom stereocenters. The van der Waals surface area contributed by atoms with E-state index in [0.29, 0.717) is 12.5 Å². The van der Waals surface area contributed by atoms with Gasteiger partial charge in [-0.2, -0.15) is 8.78 Å². The van der Waals surface area contributed by atoms with Crippen LogP contribution in [-0.4, -0.2) is 50.6 Å². The average molecular weight is 382 g/mol. The van der Waals surface area contributed by atoms with E-state index in [9.17, 15) is 13.6 Å². The standard InChI is InChI=1S/C19H28F2N4O2/c1-22-8-5-13-6-9-25(10-7-13)18(26)16-12-23-24-17(16)14-3-2-4-15(11-14)27-19(20)21/h2-4,11,13,16-17,19,22-24H,5-10,12H2,1H3. The molecule has 0 aromatic heterocycles.